The van der Waals surface area contributed by atoms with Crippen LogP contribution in [0.15, 0.2) is 24.3 Å². The average molecular weight is 445 g/mol. The smallest absolute Gasteiger partial charge is 0.119 e. The third-order valence-corrected chi connectivity index (χ3v) is 3.92. The largest absolute Gasteiger partial charge is 0.491 e. The number of nitrogens with zero attached hydrogens (tertiary/aromatic N) is 1. The first-order valence-corrected chi connectivity index (χ1v) is 10.8. The molecule has 180 valence electrons. The highest BCUT2D eigenvalue weighted by Crippen LogP contribution is 2.12. The second kappa shape index (κ2) is 20.4. The van der Waals surface area contributed by atoms with Gasteiger partial charge in [0.15, 0.2) is 0 Å². The van der Waals surface area contributed by atoms with Crippen LogP contribution in [0.5, 0.6) is 5.75 Å². The fourth-order valence-electron chi connectivity index (χ4n) is 2.23. The minimum atomic E-state index is 0.489. The van der Waals surface area contributed by atoms with Crippen LogP contribution in [0.3, 0.4) is 0 Å². The molecule has 0 bridgehead atoms. The maximum absolute atomic E-state index is 5.62. The average Bonchev–Trinajstić information content (AvgIpc) is 2.76. The van der Waals surface area contributed by atoms with Gasteiger partial charge < -0.3 is 43.8 Å². The Morgan fingerprint density at radius 2 is 0.903 bits per heavy atom. The van der Waals surface area contributed by atoms with Gasteiger partial charge in [0.2, 0.25) is 0 Å². The lowest BCUT2D eigenvalue weighted by Gasteiger charge is -2.10. The molecule has 9 heteroatoms. The molecule has 0 amide bonds. The first-order chi connectivity index (χ1) is 15.2. The van der Waals surface area contributed by atoms with E-state index in [1.807, 2.05) is 26.2 Å². The van der Waals surface area contributed by atoms with E-state index in [2.05, 4.69) is 4.90 Å². The van der Waals surface area contributed by atoms with Crippen LogP contribution in [0.2, 0.25) is 0 Å². The van der Waals surface area contributed by atoms with E-state index in [1.165, 1.54) is 0 Å². The Labute approximate surface area is 186 Å². The van der Waals surface area contributed by atoms with E-state index in [1.54, 1.807) is 12.1 Å². The van der Waals surface area contributed by atoms with E-state index in [0.717, 1.165) is 24.6 Å². The molecule has 1 rings (SSSR count). The van der Waals surface area contributed by atoms with E-state index < -0.39 is 0 Å². The van der Waals surface area contributed by atoms with Gasteiger partial charge in [-0.1, -0.05) is 0 Å². The van der Waals surface area contributed by atoms with Gasteiger partial charge in [0.05, 0.1) is 79.3 Å². The zero-order valence-electron chi connectivity index (χ0n) is 19.1. The van der Waals surface area contributed by atoms with Crippen molar-refractivity contribution < 1.29 is 33.2 Å². The SMILES string of the molecule is CN(C)CCOCCOCCOCCOCCOCCOCCOc1ccc(N)cc1. The van der Waals surface area contributed by atoms with Gasteiger partial charge in [-0.2, -0.15) is 0 Å². The van der Waals surface area contributed by atoms with Gasteiger partial charge in [0.1, 0.15) is 12.4 Å². The molecule has 2 N–H and O–H groups in total. The monoisotopic (exact) mass is 444 g/mol. The van der Waals surface area contributed by atoms with Crippen LogP contribution in [-0.4, -0.2) is 111 Å². The van der Waals surface area contributed by atoms with Crippen LogP contribution in [0.1, 0.15) is 0 Å². The van der Waals surface area contributed by atoms with Crippen molar-refractivity contribution in [1.82, 2.24) is 4.90 Å². The van der Waals surface area contributed by atoms with Gasteiger partial charge in [0.25, 0.3) is 0 Å². The molecule has 1 aromatic carbocycles. The van der Waals surface area contributed by atoms with Crippen molar-refractivity contribution in [2.75, 3.05) is 112 Å². The van der Waals surface area contributed by atoms with Crippen LogP contribution >= 0.6 is 0 Å². The van der Waals surface area contributed by atoms with Gasteiger partial charge in [-0.25, -0.2) is 0 Å². The summed E-state index contributed by atoms with van der Waals surface area (Å²) < 4.78 is 38.2. The van der Waals surface area contributed by atoms with Crippen molar-refractivity contribution in [2.24, 2.45) is 0 Å². The van der Waals surface area contributed by atoms with Crippen molar-refractivity contribution in [3.63, 3.8) is 0 Å². The highest BCUT2D eigenvalue weighted by molar-refractivity contribution is 5.41. The Morgan fingerprint density at radius 1 is 0.548 bits per heavy atom. The molecule has 0 aromatic heterocycles. The van der Waals surface area contributed by atoms with Crippen molar-refractivity contribution in [3.05, 3.63) is 24.3 Å². The summed E-state index contributed by atoms with van der Waals surface area (Å²) in [6.07, 6.45) is 0. The number of benzene rings is 1. The summed E-state index contributed by atoms with van der Waals surface area (Å²) in [5, 5.41) is 0. The van der Waals surface area contributed by atoms with E-state index >= 15 is 0 Å². The molecule has 0 heterocycles. The lowest BCUT2D eigenvalue weighted by atomic mass is 10.3. The third-order valence-electron chi connectivity index (χ3n) is 3.92. The van der Waals surface area contributed by atoms with Crippen LogP contribution in [-0.2, 0) is 28.4 Å². The standard InChI is InChI=1S/C22H40N2O7/c1-24(2)7-8-25-9-10-26-11-12-27-13-14-28-15-16-29-17-18-30-19-20-31-22-5-3-21(23)4-6-22/h3-6H,7-20,23H2,1-2H3. The van der Waals surface area contributed by atoms with Crippen molar-refractivity contribution in [3.8, 4) is 5.75 Å². The number of hydrogen-bond acceptors (Lipinski definition) is 9. The number of nitrogens with two attached hydrogens (primary N) is 1. The molecular weight excluding hydrogens is 404 g/mol. The van der Waals surface area contributed by atoms with Crippen LogP contribution < -0.4 is 10.5 Å². The summed E-state index contributed by atoms with van der Waals surface area (Å²) in [6, 6.07) is 7.28. The maximum atomic E-state index is 5.62. The highest BCUT2D eigenvalue weighted by atomic mass is 16.6. The number of anilines is 1. The summed E-state index contributed by atoms with van der Waals surface area (Å²) in [5.41, 5.74) is 6.34. The van der Waals surface area contributed by atoms with Crippen LogP contribution in [0.25, 0.3) is 0 Å². The Hall–Kier alpha value is -1.46. The van der Waals surface area contributed by atoms with Gasteiger partial charge in [0, 0.05) is 12.2 Å². The first kappa shape index (κ1) is 27.6. The molecule has 31 heavy (non-hydrogen) atoms. The number of nitrogen functional groups attached to an aromatic ring is 1. The predicted molar refractivity (Wildman–Crippen MR) is 120 cm³/mol. The Morgan fingerprint density at radius 3 is 1.29 bits per heavy atom. The minimum absolute atomic E-state index is 0.489. The molecule has 0 aliphatic rings. The van der Waals surface area contributed by atoms with E-state index in [0.29, 0.717) is 79.3 Å². The number of ether oxygens (including phenoxy) is 7. The van der Waals surface area contributed by atoms with E-state index in [-0.39, 0.29) is 0 Å². The molecule has 0 aliphatic carbocycles. The Bertz CT molecular complexity index is 503. The van der Waals surface area contributed by atoms with Crippen molar-refractivity contribution in [2.45, 2.75) is 0 Å². The first-order valence-electron chi connectivity index (χ1n) is 10.8. The Balaban J connectivity index is 1.68. The Kier molecular flexibility index (Phi) is 18.2. The number of likely N-dealkylation sites (N-methyl/N-ethyl adjacent to an activating group) is 1. The second-order valence-electron chi connectivity index (χ2n) is 6.90. The number of rotatable bonds is 22. The van der Waals surface area contributed by atoms with Crippen LogP contribution in [0, 0.1) is 0 Å². The maximum Gasteiger partial charge on any atom is 0.119 e. The summed E-state index contributed by atoms with van der Waals surface area (Å²) in [4.78, 5) is 2.08. The molecule has 0 atom stereocenters. The van der Waals surface area contributed by atoms with Gasteiger partial charge in [-0.3, -0.25) is 0 Å². The molecule has 0 aliphatic heterocycles. The molecule has 1 aromatic rings. The number of hydrogen-bond donors (Lipinski definition) is 1. The lowest BCUT2D eigenvalue weighted by Crippen LogP contribution is -2.19. The van der Waals surface area contributed by atoms with E-state index in [4.69, 9.17) is 38.9 Å². The van der Waals surface area contributed by atoms with Crippen LogP contribution in [0.4, 0.5) is 5.69 Å². The minimum Gasteiger partial charge on any atom is -0.491 e. The normalized spacial score (nSPS) is 11.3. The second-order valence-corrected chi connectivity index (χ2v) is 6.90. The third kappa shape index (κ3) is 19.0. The predicted octanol–water partition coefficient (Wildman–Crippen LogP) is 1.31. The quantitative estimate of drug-likeness (QED) is 0.210. The summed E-state index contributed by atoms with van der Waals surface area (Å²) in [5.74, 6) is 0.781. The van der Waals surface area contributed by atoms with Gasteiger partial charge >= 0.3 is 0 Å². The van der Waals surface area contributed by atoms with E-state index in [9.17, 15) is 0 Å². The molecule has 0 saturated carbocycles. The molecule has 0 fully saturated rings. The summed E-state index contributed by atoms with van der Waals surface area (Å²) in [6.45, 7) is 8.14. The molecule has 0 unspecified atom stereocenters. The fourth-order valence-corrected chi connectivity index (χ4v) is 2.23. The topological polar surface area (TPSA) is 93.9 Å². The lowest BCUT2D eigenvalue weighted by molar-refractivity contribution is -0.0181. The molecule has 0 saturated heterocycles. The zero-order chi connectivity index (χ0) is 22.4. The molecule has 9 nitrogen and oxygen atoms in total. The summed E-state index contributed by atoms with van der Waals surface area (Å²) >= 11 is 0. The fraction of sp³-hybridized carbons (Fsp3) is 0.727. The highest BCUT2D eigenvalue weighted by Gasteiger charge is 1.96. The molecule has 0 spiro atoms. The van der Waals surface area contributed by atoms with Crippen molar-refractivity contribution in [1.29, 1.82) is 0 Å². The zero-order valence-corrected chi connectivity index (χ0v) is 19.1. The molecule has 0 radical (unpaired) electrons. The van der Waals surface area contributed by atoms with Gasteiger partial charge in [-0.05, 0) is 38.4 Å². The van der Waals surface area contributed by atoms with Gasteiger partial charge in [-0.15, -0.1) is 0 Å². The summed E-state index contributed by atoms with van der Waals surface area (Å²) in [7, 11) is 4.04. The van der Waals surface area contributed by atoms with Crippen molar-refractivity contribution >= 4 is 5.69 Å². The molecular formula is C22H40N2O7.